The van der Waals surface area contributed by atoms with Crippen LogP contribution in [0.4, 0.5) is 11.4 Å². The van der Waals surface area contributed by atoms with Gasteiger partial charge >= 0.3 is 0 Å². The molecule has 348 valence electrons. The molecule has 68 heavy (non-hydrogen) atoms. The van der Waals surface area contributed by atoms with Gasteiger partial charge in [-0.05, 0) is 158 Å². The molecule has 2 saturated carbocycles. The van der Waals surface area contributed by atoms with Crippen molar-refractivity contribution in [3.8, 4) is 11.1 Å². The lowest BCUT2D eigenvalue weighted by molar-refractivity contribution is -0.00924. The molecular weight excluding hydrogens is 851 g/mol. The molecule has 0 saturated heterocycles. The topological polar surface area (TPSA) is 3.24 Å². The molecule has 2 fully saturated rings. The highest BCUT2D eigenvalue weighted by Gasteiger charge is 2.56. The molecule has 5 aliphatic carbocycles. The number of allylic oxidation sites excluding steroid dienone is 3. The van der Waals surface area contributed by atoms with Gasteiger partial charge in [-0.25, -0.2) is 0 Å². The van der Waals surface area contributed by atoms with Crippen LogP contribution in [0.3, 0.4) is 0 Å². The van der Waals surface area contributed by atoms with Gasteiger partial charge in [0.1, 0.15) is 0 Å². The minimum absolute atomic E-state index is 0.0801. The largest absolute Gasteiger partial charge is 0.335 e. The first-order valence-corrected chi connectivity index (χ1v) is 33.6. The Labute approximate surface area is 411 Å². The molecule has 6 atom stereocenters. The Hall–Kier alpha value is -4.71. The lowest BCUT2D eigenvalue weighted by Gasteiger charge is -2.60. The van der Waals surface area contributed by atoms with Crippen molar-refractivity contribution >= 4 is 60.3 Å². The molecule has 6 aromatic rings. The molecule has 0 radical (unpaired) electrons. The average molecular weight is 926 g/mol. The fourth-order valence-electron chi connectivity index (χ4n) is 15.3. The molecule has 1 aliphatic heterocycles. The summed E-state index contributed by atoms with van der Waals surface area (Å²) in [5.41, 5.74) is 19.8. The average Bonchev–Trinajstić information content (AvgIpc) is 3.31. The number of fused-ring (bicyclic) bond motifs is 4. The molecule has 0 N–H and O–H groups in total. The molecule has 1 nitrogen and oxygen atoms in total. The van der Waals surface area contributed by atoms with E-state index >= 15 is 0 Å². The summed E-state index contributed by atoms with van der Waals surface area (Å²) >= 11 is 0. The van der Waals surface area contributed by atoms with Crippen LogP contribution in [0, 0.1) is 16.2 Å². The minimum Gasteiger partial charge on any atom is -0.335 e. The molecule has 6 aromatic carbocycles. The van der Waals surface area contributed by atoms with E-state index in [1.807, 2.05) is 0 Å². The van der Waals surface area contributed by atoms with Gasteiger partial charge in [-0.3, -0.25) is 0 Å². The van der Waals surface area contributed by atoms with E-state index in [0.717, 1.165) is 12.8 Å². The number of benzene rings is 6. The highest BCUT2D eigenvalue weighted by molar-refractivity contribution is 6.89. The van der Waals surface area contributed by atoms with Crippen molar-refractivity contribution in [1.82, 2.24) is 0 Å². The van der Waals surface area contributed by atoms with E-state index in [1.54, 1.807) is 16.3 Å². The summed E-state index contributed by atoms with van der Waals surface area (Å²) in [6, 6.07) is 44.9. The number of hydrogen-bond acceptors (Lipinski definition) is 1. The smallest absolute Gasteiger partial charge is 0.0775 e. The predicted molar refractivity (Wildman–Crippen MR) is 299 cm³/mol. The Morgan fingerprint density at radius 3 is 1.97 bits per heavy atom. The second-order valence-electron chi connectivity index (χ2n) is 25.7. The molecule has 0 bridgehead atoms. The zero-order valence-electron chi connectivity index (χ0n) is 43.0. The van der Waals surface area contributed by atoms with E-state index in [0.29, 0.717) is 5.92 Å². The normalized spacial score (nSPS) is 28.3. The minimum atomic E-state index is -1.41. The Morgan fingerprint density at radius 1 is 0.574 bits per heavy atom. The molecule has 1 heterocycles. The first kappa shape index (κ1) is 44.5. The van der Waals surface area contributed by atoms with Crippen LogP contribution in [0.2, 0.25) is 39.3 Å². The van der Waals surface area contributed by atoms with Crippen LogP contribution in [-0.2, 0) is 19.3 Å². The predicted octanol–water partition coefficient (Wildman–Crippen LogP) is 16.7. The van der Waals surface area contributed by atoms with Crippen molar-refractivity contribution in [3.63, 3.8) is 0 Å². The van der Waals surface area contributed by atoms with Crippen molar-refractivity contribution in [2.24, 2.45) is 16.2 Å². The highest BCUT2D eigenvalue weighted by Crippen LogP contribution is 2.65. The molecule has 3 heteroatoms. The van der Waals surface area contributed by atoms with Crippen molar-refractivity contribution < 1.29 is 0 Å². The van der Waals surface area contributed by atoms with Crippen LogP contribution in [0.25, 0.3) is 33.5 Å². The summed E-state index contributed by atoms with van der Waals surface area (Å²) in [4.78, 5) is 2.79. The van der Waals surface area contributed by atoms with Crippen molar-refractivity contribution in [2.75, 3.05) is 4.90 Å². The van der Waals surface area contributed by atoms with E-state index in [9.17, 15) is 0 Å². The number of rotatable bonds is 6. The van der Waals surface area contributed by atoms with Gasteiger partial charge in [-0.1, -0.05) is 205 Å². The van der Waals surface area contributed by atoms with Crippen molar-refractivity contribution in [1.29, 1.82) is 0 Å². The van der Waals surface area contributed by atoms with Crippen LogP contribution < -0.4 is 15.3 Å². The standard InChI is InChI=1S/C65H75NSi2/c1-62-35-11-13-37-64(62,3)61(45-15-25-51(26-16-45)67(5,6)7)55-31-21-46(39-48(55)41-62)53-29-17-43-20-33-57-54(30-18-44-19-32-56(53)59(43)60(44)57)47-22-34-58-49(40-47)42-63(2)36-12-14-38-65(63,4)66(58)50-23-27-52(28-24-50)68(8,9)10/h15-19,21-34,39-40,54,61H,11-14,20,35-38,41-42H2,1-10H3. The van der Waals surface area contributed by atoms with Crippen LogP contribution in [0.1, 0.15) is 135 Å². The fourth-order valence-corrected chi connectivity index (χ4v) is 17.6. The molecular formula is C65H75NSi2. The van der Waals surface area contributed by atoms with E-state index in [2.05, 4.69) is 199 Å². The van der Waals surface area contributed by atoms with E-state index in [-0.39, 0.29) is 27.7 Å². The molecule has 0 spiro atoms. The first-order valence-electron chi connectivity index (χ1n) is 26.6. The van der Waals surface area contributed by atoms with Gasteiger partial charge in [0.25, 0.3) is 0 Å². The third-order valence-electron chi connectivity index (χ3n) is 19.8. The first-order chi connectivity index (χ1) is 32.4. The summed E-state index contributed by atoms with van der Waals surface area (Å²) < 4.78 is 0. The maximum atomic E-state index is 2.79. The second-order valence-corrected chi connectivity index (χ2v) is 35.9. The maximum Gasteiger partial charge on any atom is 0.0775 e. The van der Waals surface area contributed by atoms with Gasteiger partial charge in [0, 0.05) is 28.7 Å². The van der Waals surface area contributed by atoms with Gasteiger partial charge in [0.15, 0.2) is 0 Å². The highest BCUT2D eigenvalue weighted by atomic mass is 28.3. The van der Waals surface area contributed by atoms with Crippen LogP contribution >= 0.6 is 0 Å². The summed E-state index contributed by atoms with van der Waals surface area (Å²) in [5, 5.41) is 5.99. The van der Waals surface area contributed by atoms with E-state index in [4.69, 9.17) is 0 Å². The summed E-state index contributed by atoms with van der Waals surface area (Å²) in [5.74, 6) is 0.649. The Balaban J connectivity index is 0.924. The Morgan fingerprint density at radius 2 is 1.24 bits per heavy atom. The van der Waals surface area contributed by atoms with Crippen molar-refractivity contribution in [2.45, 2.75) is 155 Å². The van der Waals surface area contributed by atoms with Crippen LogP contribution in [0.5, 0.6) is 0 Å². The summed E-state index contributed by atoms with van der Waals surface area (Å²) in [7, 11) is -2.80. The fraction of sp³-hybridized carbons (Fsp3) is 0.415. The monoisotopic (exact) mass is 926 g/mol. The van der Waals surface area contributed by atoms with Crippen molar-refractivity contribution in [3.05, 3.63) is 166 Å². The number of hydrogen-bond donors (Lipinski definition) is 0. The lowest BCUT2D eigenvalue weighted by Crippen LogP contribution is -2.60. The molecule has 6 aliphatic rings. The Kier molecular flexibility index (Phi) is 10.1. The third-order valence-corrected chi connectivity index (χ3v) is 23.9. The maximum absolute atomic E-state index is 2.79. The molecule has 6 unspecified atom stereocenters. The summed E-state index contributed by atoms with van der Waals surface area (Å²) in [6.45, 7) is 25.3. The second kappa shape index (κ2) is 15.4. The van der Waals surface area contributed by atoms with E-state index in [1.165, 1.54) is 135 Å². The molecule has 0 aromatic heterocycles. The number of anilines is 2. The van der Waals surface area contributed by atoms with E-state index < -0.39 is 16.1 Å². The van der Waals surface area contributed by atoms with Gasteiger partial charge in [-0.2, -0.15) is 0 Å². The third kappa shape index (κ3) is 6.63. The Bertz CT molecular complexity index is 3080. The van der Waals surface area contributed by atoms with Gasteiger partial charge < -0.3 is 4.90 Å². The molecule has 12 rings (SSSR count). The van der Waals surface area contributed by atoms with Gasteiger partial charge in [0.2, 0.25) is 0 Å². The number of nitrogens with zero attached hydrogens (tertiary/aromatic N) is 1. The summed E-state index contributed by atoms with van der Waals surface area (Å²) in [6.07, 6.45) is 21.3. The zero-order valence-corrected chi connectivity index (χ0v) is 45.0. The SMILES string of the molecule is CC12CCCCC1(C)C(c1ccc([Si](C)(C)C)cc1)c1ccc(-c3ccc4c5c6c(ccc35)C=CC(c3ccc5c(c3)CC3(C)CCCCC3(C)N5c3ccc([Si](C)(C)C)cc3)C6=CC4)cc1C2. The van der Waals surface area contributed by atoms with Crippen LogP contribution in [-0.4, -0.2) is 21.7 Å². The zero-order chi connectivity index (χ0) is 47.2. The van der Waals surface area contributed by atoms with Gasteiger partial charge in [0.05, 0.1) is 16.1 Å². The van der Waals surface area contributed by atoms with Gasteiger partial charge in [-0.15, -0.1) is 0 Å². The molecule has 0 amide bonds. The van der Waals surface area contributed by atoms with Crippen LogP contribution in [0.15, 0.2) is 121 Å². The lowest BCUT2D eigenvalue weighted by atomic mass is 9.46. The quantitative estimate of drug-likeness (QED) is 0.150.